The van der Waals surface area contributed by atoms with Crippen LogP contribution >= 0.6 is 0 Å². The number of ether oxygens (including phenoxy) is 3. The lowest BCUT2D eigenvalue weighted by molar-refractivity contribution is -0.135. The first kappa shape index (κ1) is 29.7. The maximum Gasteiger partial charge on any atom is 0.311 e. The van der Waals surface area contributed by atoms with Crippen molar-refractivity contribution in [1.82, 2.24) is 0 Å². The van der Waals surface area contributed by atoms with Gasteiger partial charge in [0.15, 0.2) is 0 Å². The normalized spacial score (nSPS) is 13.6. The second-order valence-corrected chi connectivity index (χ2v) is 9.62. The molecule has 0 aromatic heterocycles. The molecule has 0 fully saturated rings. The van der Waals surface area contributed by atoms with Crippen LogP contribution in [0.15, 0.2) is 12.1 Å². The molecule has 0 aliphatic rings. The van der Waals surface area contributed by atoms with Gasteiger partial charge in [0.25, 0.3) is 0 Å². The van der Waals surface area contributed by atoms with Crippen LogP contribution in [0.2, 0.25) is 0 Å². The van der Waals surface area contributed by atoms with Crippen molar-refractivity contribution >= 4 is 17.9 Å². The molecule has 0 bridgehead atoms. The second kappa shape index (κ2) is 15.5. The lowest BCUT2D eigenvalue weighted by Gasteiger charge is -2.16. The molecule has 0 aliphatic carbocycles. The number of carbonyl (C=O) groups excluding carboxylic acids is 3. The fourth-order valence-corrected chi connectivity index (χ4v) is 3.14. The van der Waals surface area contributed by atoms with Gasteiger partial charge in [0.1, 0.15) is 17.2 Å². The average molecular weight is 477 g/mol. The molecular weight excluding hydrogens is 432 g/mol. The molecule has 0 saturated carbocycles. The molecule has 0 saturated heterocycles. The SMILES string of the molecule is CCC(C)CCC(=O)Oc1cc(OC(=O)CCC(C)CC)c(C)c(OC(=O)CCC(C)CC)c1. The topological polar surface area (TPSA) is 78.9 Å². The smallest absolute Gasteiger partial charge is 0.311 e. The molecule has 1 aromatic rings. The van der Waals surface area contributed by atoms with Crippen LogP contribution in [-0.2, 0) is 14.4 Å². The summed E-state index contributed by atoms with van der Waals surface area (Å²) < 4.78 is 16.7. The molecule has 192 valence electrons. The Morgan fingerprint density at radius 3 is 1.29 bits per heavy atom. The highest BCUT2D eigenvalue weighted by molar-refractivity contribution is 5.77. The van der Waals surface area contributed by atoms with Crippen LogP contribution in [0.4, 0.5) is 0 Å². The molecule has 0 amide bonds. The molecule has 3 unspecified atom stereocenters. The van der Waals surface area contributed by atoms with Gasteiger partial charge < -0.3 is 14.2 Å². The summed E-state index contributed by atoms with van der Waals surface area (Å²) in [7, 11) is 0. The van der Waals surface area contributed by atoms with E-state index in [0.29, 0.717) is 23.3 Å². The van der Waals surface area contributed by atoms with Crippen molar-refractivity contribution in [3.63, 3.8) is 0 Å². The largest absolute Gasteiger partial charge is 0.426 e. The lowest BCUT2D eigenvalue weighted by atomic mass is 10.0. The van der Waals surface area contributed by atoms with Crippen LogP contribution < -0.4 is 14.2 Å². The third-order valence-electron chi connectivity index (χ3n) is 6.58. The number of hydrogen-bond acceptors (Lipinski definition) is 6. The van der Waals surface area contributed by atoms with E-state index in [0.717, 1.165) is 38.5 Å². The molecule has 0 heterocycles. The quantitative estimate of drug-likeness (QED) is 0.197. The minimum absolute atomic E-state index is 0.203. The first-order valence-electron chi connectivity index (χ1n) is 12.9. The Morgan fingerprint density at radius 2 is 0.971 bits per heavy atom. The van der Waals surface area contributed by atoms with Gasteiger partial charge in [-0.2, -0.15) is 0 Å². The fraction of sp³-hybridized carbons (Fsp3) is 0.679. The number of benzene rings is 1. The molecule has 34 heavy (non-hydrogen) atoms. The Morgan fingerprint density at radius 1 is 0.647 bits per heavy atom. The Balaban J connectivity index is 3.03. The van der Waals surface area contributed by atoms with Crippen LogP contribution in [0.3, 0.4) is 0 Å². The fourth-order valence-electron chi connectivity index (χ4n) is 3.14. The molecule has 0 aliphatic heterocycles. The van der Waals surface area contributed by atoms with Crippen molar-refractivity contribution < 1.29 is 28.6 Å². The molecule has 0 radical (unpaired) electrons. The second-order valence-electron chi connectivity index (χ2n) is 9.62. The highest BCUT2D eigenvalue weighted by Gasteiger charge is 2.19. The third-order valence-corrected chi connectivity index (χ3v) is 6.58. The molecular formula is C28H44O6. The lowest BCUT2D eigenvalue weighted by Crippen LogP contribution is -2.14. The van der Waals surface area contributed by atoms with Gasteiger partial charge in [-0.1, -0.05) is 60.8 Å². The Bertz CT molecular complexity index is 751. The maximum absolute atomic E-state index is 12.4. The maximum atomic E-state index is 12.4. The van der Waals surface area contributed by atoms with E-state index in [9.17, 15) is 14.4 Å². The number of rotatable bonds is 15. The summed E-state index contributed by atoms with van der Waals surface area (Å²) in [5, 5.41) is 0. The summed E-state index contributed by atoms with van der Waals surface area (Å²) in [5.41, 5.74) is 0.521. The Kier molecular flexibility index (Phi) is 13.5. The minimum Gasteiger partial charge on any atom is -0.426 e. The highest BCUT2D eigenvalue weighted by Crippen LogP contribution is 2.35. The van der Waals surface area contributed by atoms with Crippen LogP contribution in [0.5, 0.6) is 17.2 Å². The van der Waals surface area contributed by atoms with Gasteiger partial charge in [0, 0.05) is 37.0 Å². The number of hydrogen-bond donors (Lipinski definition) is 0. The van der Waals surface area contributed by atoms with Gasteiger partial charge in [-0.15, -0.1) is 0 Å². The minimum atomic E-state index is -0.368. The van der Waals surface area contributed by atoms with E-state index in [1.807, 2.05) is 0 Å². The molecule has 6 heteroatoms. The zero-order valence-electron chi connectivity index (χ0n) is 22.2. The predicted molar refractivity (Wildman–Crippen MR) is 134 cm³/mol. The average Bonchev–Trinajstić information content (AvgIpc) is 2.81. The third kappa shape index (κ3) is 11.2. The van der Waals surface area contributed by atoms with Crippen LogP contribution in [0.1, 0.15) is 105 Å². The highest BCUT2D eigenvalue weighted by atomic mass is 16.6. The molecule has 6 nitrogen and oxygen atoms in total. The van der Waals surface area contributed by atoms with Gasteiger partial charge in [-0.25, -0.2) is 0 Å². The monoisotopic (exact) mass is 476 g/mol. The van der Waals surface area contributed by atoms with E-state index in [-0.39, 0.29) is 54.4 Å². The van der Waals surface area contributed by atoms with Gasteiger partial charge >= 0.3 is 17.9 Å². The summed E-state index contributed by atoms with van der Waals surface area (Å²) in [5.74, 6) is 0.866. The van der Waals surface area contributed by atoms with E-state index in [2.05, 4.69) is 41.5 Å². The number of carbonyl (C=O) groups is 3. The first-order chi connectivity index (χ1) is 16.1. The van der Waals surface area contributed by atoms with E-state index in [4.69, 9.17) is 14.2 Å². The van der Waals surface area contributed by atoms with E-state index in [1.54, 1.807) is 6.92 Å². The molecule has 1 rings (SSSR count). The Hall–Kier alpha value is -2.37. The van der Waals surface area contributed by atoms with E-state index >= 15 is 0 Å². The van der Waals surface area contributed by atoms with Crippen molar-refractivity contribution in [3.8, 4) is 17.2 Å². The Labute approximate surface area is 205 Å². The van der Waals surface area contributed by atoms with Crippen LogP contribution in [0.25, 0.3) is 0 Å². The van der Waals surface area contributed by atoms with E-state index in [1.165, 1.54) is 12.1 Å². The van der Waals surface area contributed by atoms with Crippen molar-refractivity contribution in [1.29, 1.82) is 0 Å². The van der Waals surface area contributed by atoms with Gasteiger partial charge in [-0.3, -0.25) is 14.4 Å². The summed E-state index contributed by atoms with van der Waals surface area (Å²) in [6, 6.07) is 3.04. The molecule has 3 atom stereocenters. The van der Waals surface area contributed by atoms with Crippen molar-refractivity contribution in [2.24, 2.45) is 17.8 Å². The summed E-state index contributed by atoms with van der Waals surface area (Å²) in [6.07, 6.45) is 6.04. The molecule has 0 N–H and O–H groups in total. The summed E-state index contributed by atoms with van der Waals surface area (Å²) >= 11 is 0. The first-order valence-corrected chi connectivity index (χ1v) is 12.9. The summed E-state index contributed by atoms with van der Waals surface area (Å²) in [4.78, 5) is 37.2. The van der Waals surface area contributed by atoms with Gasteiger partial charge in [0.2, 0.25) is 0 Å². The molecule has 1 aromatic carbocycles. The van der Waals surface area contributed by atoms with Crippen LogP contribution in [-0.4, -0.2) is 17.9 Å². The predicted octanol–water partition coefficient (Wildman–Crippen LogP) is 7.19. The van der Waals surface area contributed by atoms with Crippen molar-refractivity contribution in [3.05, 3.63) is 17.7 Å². The van der Waals surface area contributed by atoms with E-state index < -0.39 is 0 Å². The van der Waals surface area contributed by atoms with Crippen LogP contribution in [0, 0.1) is 24.7 Å². The zero-order chi connectivity index (χ0) is 25.7. The molecule has 0 spiro atoms. The number of esters is 3. The zero-order valence-corrected chi connectivity index (χ0v) is 22.2. The van der Waals surface area contributed by atoms with Crippen molar-refractivity contribution in [2.45, 2.75) is 106 Å². The van der Waals surface area contributed by atoms with Gasteiger partial charge in [-0.05, 0) is 43.9 Å². The summed E-state index contributed by atoms with van der Waals surface area (Å²) in [6.45, 7) is 14.3. The van der Waals surface area contributed by atoms with Gasteiger partial charge in [0.05, 0.1) is 0 Å². The van der Waals surface area contributed by atoms with Crippen molar-refractivity contribution in [2.75, 3.05) is 0 Å². The standard InChI is InChI=1S/C28H44O6/c1-8-19(4)11-14-26(29)32-23-17-24(33-27(30)15-12-20(5)9-2)22(7)25(18-23)34-28(31)16-13-21(6)10-3/h17-21H,8-16H2,1-7H3.